The van der Waals surface area contributed by atoms with Crippen molar-refractivity contribution in [3.05, 3.63) is 24.0 Å². The highest BCUT2D eigenvalue weighted by atomic mass is 19.1. The number of nitrogens with two attached hydrogens (primary N) is 1. The normalized spacial score (nSPS) is 14.4. The summed E-state index contributed by atoms with van der Waals surface area (Å²) in [6, 6.07) is 4.11. The molecule has 1 aliphatic carbocycles. The number of anilines is 1. The molecule has 0 unspecified atom stereocenters. The molecule has 2 rings (SSSR count). The van der Waals surface area contributed by atoms with E-state index in [0.717, 1.165) is 6.07 Å². The van der Waals surface area contributed by atoms with Gasteiger partial charge in [-0.2, -0.15) is 0 Å². The zero-order chi connectivity index (χ0) is 12.3. The lowest BCUT2D eigenvalue weighted by Crippen LogP contribution is -2.30. The minimum Gasteiger partial charge on any atom is -0.481 e. The summed E-state index contributed by atoms with van der Waals surface area (Å²) in [5, 5.41) is 2.73. The van der Waals surface area contributed by atoms with E-state index in [9.17, 15) is 9.18 Å². The van der Waals surface area contributed by atoms with Crippen LogP contribution in [0.5, 0.6) is 5.75 Å². The molecule has 1 amide bonds. The highest BCUT2D eigenvalue weighted by molar-refractivity contribution is 5.77. The van der Waals surface area contributed by atoms with Gasteiger partial charge in [0, 0.05) is 18.3 Å². The first-order chi connectivity index (χ1) is 8.15. The van der Waals surface area contributed by atoms with Crippen LogP contribution in [0, 0.1) is 11.7 Å². The fourth-order valence-corrected chi connectivity index (χ4v) is 1.41. The Morgan fingerprint density at radius 2 is 2.29 bits per heavy atom. The molecule has 0 bridgehead atoms. The molecule has 0 radical (unpaired) electrons. The largest absolute Gasteiger partial charge is 0.481 e. The van der Waals surface area contributed by atoms with Gasteiger partial charge in [-0.05, 0) is 30.9 Å². The number of carbonyl (C=O) groups excluding carboxylic acids is 1. The van der Waals surface area contributed by atoms with Crippen molar-refractivity contribution >= 4 is 11.6 Å². The highest BCUT2D eigenvalue weighted by Gasteiger charge is 2.21. The van der Waals surface area contributed by atoms with Gasteiger partial charge in [0.15, 0.2) is 18.2 Å². The molecular formula is C12H15FN2O2. The SMILES string of the molecule is Nc1ccc(OCC(=O)NCC2CC2)c(F)c1. The van der Waals surface area contributed by atoms with Gasteiger partial charge >= 0.3 is 0 Å². The van der Waals surface area contributed by atoms with E-state index in [0.29, 0.717) is 18.2 Å². The first-order valence-electron chi connectivity index (χ1n) is 5.59. The number of nitrogen functional groups attached to an aromatic ring is 1. The number of amides is 1. The predicted molar refractivity (Wildman–Crippen MR) is 62.0 cm³/mol. The van der Waals surface area contributed by atoms with E-state index < -0.39 is 5.82 Å². The molecule has 92 valence electrons. The van der Waals surface area contributed by atoms with Gasteiger partial charge in [0.2, 0.25) is 0 Å². The standard InChI is InChI=1S/C12H15FN2O2/c13-10-5-9(14)3-4-11(10)17-7-12(16)15-6-8-1-2-8/h3-5,8H,1-2,6-7,14H2,(H,15,16). The van der Waals surface area contributed by atoms with Gasteiger partial charge in [-0.1, -0.05) is 0 Å². The maximum atomic E-state index is 13.3. The summed E-state index contributed by atoms with van der Waals surface area (Å²) in [6.07, 6.45) is 2.35. The van der Waals surface area contributed by atoms with Crippen molar-refractivity contribution in [3.8, 4) is 5.75 Å². The number of carbonyl (C=O) groups is 1. The Balaban J connectivity index is 1.77. The van der Waals surface area contributed by atoms with Gasteiger partial charge in [0.05, 0.1) is 0 Å². The Hall–Kier alpha value is -1.78. The van der Waals surface area contributed by atoms with Crippen LogP contribution in [0.15, 0.2) is 18.2 Å². The first-order valence-corrected chi connectivity index (χ1v) is 5.59. The van der Waals surface area contributed by atoms with E-state index in [2.05, 4.69) is 5.32 Å². The molecule has 1 aromatic rings. The van der Waals surface area contributed by atoms with Gasteiger partial charge in [-0.25, -0.2) is 4.39 Å². The molecule has 1 aliphatic rings. The van der Waals surface area contributed by atoms with E-state index in [1.807, 2.05) is 0 Å². The van der Waals surface area contributed by atoms with Crippen LogP contribution < -0.4 is 15.8 Å². The molecule has 0 aromatic heterocycles. The van der Waals surface area contributed by atoms with Crippen molar-refractivity contribution in [2.24, 2.45) is 5.92 Å². The quantitative estimate of drug-likeness (QED) is 0.760. The molecule has 17 heavy (non-hydrogen) atoms. The van der Waals surface area contributed by atoms with E-state index >= 15 is 0 Å². The lowest BCUT2D eigenvalue weighted by Gasteiger charge is -2.08. The van der Waals surface area contributed by atoms with E-state index in [-0.39, 0.29) is 18.3 Å². The Morgan fingerprint density at radius 3 is 2.94 bits per heavy atom. The van der Waals surface area contributed by atoms with Crippen LogP contribution in [0.1, 0.15) is 12.8 Å². The van der Waals surface area contributed by atoms with Gasteiger partial charge in [-0.15, -0.1) is 0 Å². The van der Waals surface area contributed by atoms with Gasteiger partial charge in [0.25, 0.3) is 5.91 Å². The summed E-state index contributed by atoms with van der Waals surface area (Å²) in [5.74, 6) is -0.124. The summed E-state index contributed by atoms with van der Waals surface area (Å²) in [7, 11) is 0. The average molecular weight is 238 g/mol. The molecular weight excluding hydrogens is 223 g/mol. The van der Waals surface area contributed by atoms with E-state index in [4.69, 9.17) is 10.5 Å². The smallest absolute Gasteiger partial charge is 0.257 e. The average Bonchev–Trinajstić information content (AvgIpc) is 3.09. The van der Waals surface area contributed by atoms with Crippen molar-refractivity contribution in [1.82, 2.24) is 5.32 Å². The maximum absolute atomic E-state index is 13.3. The number of nitrogens with one attached hydrogen (secondary N) is 1. The predicted octanol–water partition coefficient (Wildman–Crippen LogP) is 1.31. The summed E-state index contributed by atoms with van der Waals surface area (Å²) >= 11 is 0. The number of hydrogen-bond acceptors (Lipinski definition) is 3. The zero-order valence-corrected chi connectivity index (χ0v) is 9.41. The molecule has 1 aromatic carbocycles. The summed E-state index contributed by atoms with van der Waals surface area (Å²) in [4.78, 5) is 11.3. The fraction of sp³-hybridized carbons (Fsp3) is 0.417. The minimum atomic E-state index is -0.556. The Morgan fingerprint density at radius 1 is 1.53 bits per heavy atom. The van der Waals surface area contributed by atoms with Crippen LogP contribution in [0.25, 0.3) is 0 Å². The lowest BCUT2D eigenvalue weighted by molar-refractivity contribution is -0.123. The van der Waals surface area contributed by atoms with Crippen LogP contribution in [-0.4, -0.2) is 19.1 Å². The molecule has 1 fully saturated rings. The summed E-state index contributed by atoms with van der Waals surface area (Å²) < 4.78 is 18.4. The number of benzene rings is 1. The molecule has 0 aliphatic heterocycles. The minimum absolute atomic E-state index is 0.0424. The lowest BCUT2D eigenvalue weighted by atomic mass is 10.3. The van der Waals surface area contributed by atoms with Gasteiger partial charge < -0.3 is 15.8 Å². The Labute approximate surface area is 98.9 Å². The first kappa shape index (κ1) is 11.7. The van der Waals surface area contributed by atoms with E-state index in [1.54, 1.807) is 0 Å². The zero-order valence-electron chi connectivity index (χ0n) is 9.41. The topological polar surface area (TPSA) is 64.3 Å². The molecule has 0 saturated heterocycles. The maximum Gasteiger partial charge on any atom is 0.257 e. The van der Waals surface area contributed by atoms with Crippen LogP contribution in [0.3, 0.4) is 0 Å². The molecule has 4 nitrogen and oxygen atoms in total. The molecule has 0 heterocycles. The molecule has 3 N–H and O–H groups in total. The second-order valence-corrected chi connectivity index (χ2v) is 4.23. The number of halogens is 1. The van der Waals surface area contributed by atoms with Crippen LogP contribution >= 0.6 is 0 Å². The van der Waals surface area contributed by atoms with Gasteiger partial charge in [-0.3, -0.25) is 4.79 Å². The molecule has 0 spiro atoms. The second kappa shape index (κ2) is 5.03. The van der Waals surface area contributed by atoms with Crippen molar-refractivity contribution in [2.75, 3.05) is 18.9 Å². The monoisotopic (exact) mass is 238 g/mol. The third-order valence-electron chi connectivity index (χ3n) is 2.60. The number of rotatable bonds is 5. The number of hydrogen-bond donors (Lipinski definition) is 2. The molecule has 5 heteroatoms. The molecule has 1 saturated carbocycles. The third-order valence-corrected chi connectivity index (χ3v) is 2.60. The van der Waals surface area contributed by atoms with Crippen molar-refractivity contribution in [3.63, 3.8) is 0 Å². The van der Waals surface area contributed by atoms with Crippen LogP contribution in [0.4, 0.5) is 10.1 Å². The number of ether oxygens (including phenoxy) is 1. The second-order valence-electron chi connectivity index (χ2n) is 4.23. The fourth-order valence-electron chi connectivity index (χ4n) is 1.41. The Bertz CT molecular complexity index is 419. The summed E-state index contributed by atoms with van der Waals surface area (Å²) in [5.41, 5.74) is 5.72. The Kier molecular flexibility index (Phi) is 3.46. The molecule has 0 atom stereocenters. The van der Waals surface area contributed by atoms with Crippen molar-refractivity contribution < 1.29 is 13.9 Å². The van der Waals surface area contributed by atoms with Crippen molar-refractivity contribution in [2.45, 2.75) is 12.8 Å². The van der Waals surface area contributed by atoms with Crippen molar-refractivity contribution in [1.29, 1.82) is 0 Å². The van der Waals surface area contributed by atoms with Crippen LogP contribution in [-0.2, 0) is 4.79 Å². The van der Waals surface area contributed by atoms with Crippen LogP contribution in [0.2, 0.25) is 0 Å². The summed E-state index contributed by atoms with van der Waals surface area (Å²) in [6.45, 7) is 0.514. The van der Waals surface area contributed by atoms with E-state index in [1.165, 1.54) is 25.0 Å². The highest BCUT2D eigenvalue weighted by Crippen LogP contribution is 2.27. The third kappa shape index (κ3) is 3.62. The van der Waals surface area contributed by atoms with Gasteiger partial charge in [0.1, 0.15) is 0 Å².